The van der Waals surface area contributed by atoms with Crippen molar-refractivity contribution in [2.45, 2.75) is 13.1 Å². The molecule has 0 atom stereocenters. The molecular formula is C26H16ClF3N6O. The van der Waals surface area contributed by atoms with Gasteiger partial charge in [-0.15, -0.1) is 0 Å². The third-order valence-corrected chi connectivity index (χ3v) is 5.67. The number of hydrogen-bond donors (Lipinski definition) is 1. The molecule has 1 amide bonds. The number of nitrogens with zero attached hydrogens (tertiary/aromatic N) is 5. The summed E-state index contributed by atoms with van der Waals surface area (Å²) < 4.78 is 43.7. The van der Waals surface area contributed by atoms with E-state index in [1.807, 2.05) is 0 Å². The second kappa shape index (κ2) is 9.44. The molecule has 0 fully saturated rings. The lowest BCUT2D eigenvalue weighted by atomic mass is 10.1. The van der Waals surface area contributed by atoms with E-state index in [2.05, 4.69) is 32.2 Å². The monoisotopic (exact) mass is 520 g/mol. The van der Waals surface area contributed by atoms with Crippen molar-refractivity contribution in [2.24, 2.45) is 0 Å². The fourth-order valence-electron chi connectivity index (χ4n) is 3.57. The van der Waals surface area contributed by atoms with Crippen LogP contribution in [-0.4, -0.2) is 30.1 Å². The van der Waals surface area contributed by atoms with Crippen LogP contribution in [0.3, 0.4) is 0 Å². The third kappa shape index (κ3) is 5.17. The van der Waals surface area contributed by atoms with E-state index in [0.717, 1.165) is 12.1 Å². The summed E-state index contributed by atoms with van der Waals surface area (Å²) >= 11 is 6.28. The van der Waals surface area contributed by atoms with Crippen molar-refractivity contribution in [1.82, 2.24) is 24.1 Å². The van der Waals surface area contributed by atoms with Gasteiger partial charge in [0.2, 0.25) is 0 Å². The first-order valence-corrected chi connectivity index (χ1v) is 11.2. The molecule has 0 saturated carbocycles. The summed E-state index contributed by atoms with van der Waals surface area (Å²) in [7, 11) is 0. The molecule has 3 aromatic heterocycles. The van der Waals surface area contributed by atoms with Crippen molar-refractivity contribution in [3.63, 3.8) is 0 Å². The largest absolute Gasteiger partial charge is 0.416 e. The molecule has 5 rings (SSSR count). The molecule has 5 aromatic rings. The van der Waals surface area contributed by atoms with Crippen molar-refractivity contribution in [2.75, 3.05) is 5.32 Å². The van der Waals surface area contributed by atoms with Crippen molar-refractivity contribution >= 4 is 28.8 Å². The molecule has 0 aliphatic carbocycles. The normalized spacial score (nSPS) is 11.3. The number of carbonyl (C=O) groups is 1. The van der Waals surface area contributed by atoms with E-state index in [1.54, 1.807) is 42.2 Å². The molecule has 0 aliphatic rings. The quantitative estimate of drug-likeness (QED) is 0.317. The minimum absolute atomic E-state index is 0.0273. The Balaban J connectivity index is 1.45. The first kappa shape index (κ1) is 24.1. The summed E-state index contributed by atoms with van der Waals surface area (Å²) in [5.41, 5.74) is 1.58. The highest BCUT2D eigenvalue weighted by molar-refractivity contribution is 6.32. The zero-order chi connectivity index (χ0) is 26.2. The van der Waals surface area contributed by atoms with Gasteiger partial charge < -0.3 is 9.88 Å². The average Bonchev–Trinajstić information content (AvgIpc) is 3.49. The van der Waals surface area contributed by atoms with Gasteiger partial charge in [-0.2, -0.15) is 18.3 Å². The molecule has 0 bridgehead atoms. The highest BCUT2D eigenvalue weighted by Gasteiger charge is 2.31. The van der Waals surface area contributed by atoms with E-state index >= 15 is 0 Å². The number of hydrogen-bond acceptors (Lipinski definition) is 4. The molecule has 0 saturated heterocycles. The second-order valence-electron chi connectivity index (χ2n) is 8.02. The zero-order valence-electron chi connectivity index (χ0n) is 19.1. The number of imidazole rings is 2. The fourth-order valence-corrected chi connectivity index (χ4v) is 3.73. The van der Waals surface area contributed by atoms with Crippen LogP contribution in [0.1, 0.15) is 32.9 Å². The molecule has 0 unspecified atom stereocenters. The van der Waals surface area contributed by atoms with Crippen LogP contribution < -0.4 is 5.32 Å². The van der Waals surface area contributed by atoms with Gasteiger partial charge in [-0.25, -0.2) is 14.5 Å². The van der Waals surface area contributed by atoms with Crippen molar-refractivity contribution in [3.8, 4) is 17.5 Å². The highest BCUT2D eigenvalue weighted by Crippen LogP contribution is 2.33. The molecule has 11 heteroatoms. The molecule has 7 nitrogen and oxygen atoms in total. The Bertz CT molecular complexity index is 1710. The zero-order valence-corrected chi connectivity index (χ0v) is 19.8. The summed E-state index contributed by atoms with van der Waals surface area (Å²) in [6.45, 7) is 1.72. The number of aromatic nitrogens is 5. The van der Waals surface area contributed by atoms with Crippen molar-refractivity contribution in [3.05, 3.63) is 107 Å². The minimum Gasteiger partial charge on any atom is -0.322 e. The first-order chi connectivity index (χ1) is 17.7. The molecule has 1 N–H and O–H groups in total. The van der Waals surface area contributed by atoms with Gasteiger partial charge in [0, 0.05) is 34.9 Å². The molecule has 184 valence electrons. The van der Waals surface area contributed by atoms with E-state index in [-0.39, 0.29) is 16.9 Å². The summed E-state index contributed by atoms with van der Waals surface area (Å²) in [5, 5.41) is 7.04. The van der Waals surface area contributed by atoms with Gasteiger partial charge >= 0.3 is 6.18 Å². The Labute approximate surface area is 213 Å². The number of fused-ring (bicyclic) bond motifs is 1. The summed E-state index contributed by atoms with van der Waals surface area (Å²) in [4.78, 5) is 21.2. The lowest BCUT2D eigenvalue weighted by Crippen LogP contribution is -2.14. The molecule has 2 aromatic carbocycles. The summed E-state index contributed by atoms with van der Waals surface area (Å²) in [6, 6.07) is 11.3. The van der Waals surface area contributed by atoms with Crippen LogP contribution in [0.5, 0.6) is 0 Å². The first-order valence-electron chi connectivity index (χ1n) is 10.8. The number of nitrogens with one attached hydrogen (secondary N) is 1. The number of carbonyl (C=O) groups excluding carboxylic acids is 1. The van der Waals surface area contributed by atoms with Crippen molar-refractivity contribution < 1.29 is 18.0 Å². The number of anilines is 1. The lowest BCUT2D eigenvalue weighted by Gasteiger charge is -2.14. The van der Waals surface area contributed by atoms with Gasteiger partial charge in [0.05, 0.1) is 28.8 Å². The van der Waals surface area contributed by atoms with E-state index in [0.29, 0.717) is 27.6 Å². The predicted molar refractivity (Wildman–Crippen MR) is 132 cm³/mol. The Morgan fingerprint density at radius 3 is 2.68 bits per heavy atom. The topological polar surface area (TPSA) is 77.1 Å². The van der Waals surface area contributed by atoms with Gasteiger partial charge in [0.1, 0.15) is 5.69 Å². The standard InChI is InChI=1S/C26H16ClF3N6O/c1-16-14-35(15-32-16)22-11-19(26(28,29)30)10-20(12-22)34-25(37)18-5-7-23(27)17(9-18)4-6-21-13-31-24-3-2-8-33-36(21)24/h2-3,5,7-15H,1H3,(H,34,37). The van der Waals surface area contributed by atoms with E-state index in [4.69, 9.17) is 11.6 Å². The predicted octanol–water partition coefficient (Wildman–Crippen LogP) is 5.55. The molecular weight excluding hydrogens is 505 g/mol. The van der Waals surface area contributed by atoms with Crippen LogP contribution in [0.15, 0.2) is 73.4 Å². The summed E-state index contributed by atoms with van der Waals surface area (Å²) in [5.74, 6) is 5.22. The maximum absolute atomic E-state index is 13.5. The van der Waals surface area contributed by atoms with E-state index < -0.39 is 17.6 Å². The fraction of sp³-hybridized carbons (Fsp3) is 0.0769. The Hall–Kier alpha value is -4.62. The Morgan fingerprint density at radius 2 is 1.92 bits per heavy atom. The second-order valence-corrected chi connectivity index (χ2v) is 8.43. The van der Waals surface area contributed by atoms with Crippen LogP contribution in [0.25, 0.3) is 11.3 Å². The SMILES string of the molecule is Cc1cn(-c2cc(NC(=O)c3ccc(Cl)c(C#Cc4cnc5cccnn45)c3)cc(C(F)(F)F)c2)cn1. The number of rotatable bonds is 3. The Morgan fingerprint density at radius 1 is 1.08 bits per heavy atom. The lowest BCUT2D eigenvalue weighted by molar-refractivity contribution is -0.137. The summed E-state index contributed by atoms with van der Waals surface area (Å²) in [6.07, 6.45) is 1.54. The molecule has 3 heterocycles. The van der Waals surface area contributed by atoms with Crippen LogP contribution in [0.4, 0.5) is 18.9 Å². The van der Waals surface area contributed by atoms with Crippen LogP contribution in [-0.2, 0) is 6.18 Å². The van der Waals surface area contributed by atoms with Crippen LogP contribution in [0, 0.1) is 18.8 Å². The van der Waals surface area contributed by atoms with Gasteiger partial charge in [-0.1, -0.05) is 17.5 Å². The van der Waals surface area contributed by atoms with Gasteiger partial charge in [0.25, 0.3) is 5.91 Å². The molecule has 0 radical (unpaired) electrons. The average molecular weight is 521 g/mol. The number of amides is 1. The maximum Gasteiger partial charge on any atom is 0.416 e. The molecule has 0 spiro atoms. The number of halogens is 4. The van der Waals surface area contributed by atoms with Crippen LogP contribution in [0.2, 0.25) is 5.02 Å². The highest BCUT2D eigenvalue weighted by atomic mass is 35.5. The van der Waals surface area contributed by atoms with Gasteiger partial charge in [0.15, 0.2) is 5.65 Å². The van der Waals surface area contributed by atoms with Crippen molar-refractivity contribution in [1.29, 1.82) is 0 Å². The van der Waals surface area contributed by atoms with Gasteiger partial charge in [-0.05, 0) is 61.4 Å². The minimum atomic E-state index is -4.61. The third-order valence-electron chi connectivity index (χ3n) is 5.34. The molecule has 0 aliphatic heterocycles. The van der Waals surface area contributed by atoms with Crippen LogP contribution >= 0.6 is 11.6 Å². The van der Waals surface area contributed by atoms with E-state index in [9.17, 15) is 18.0 Å². The van der Waals surface area contributed by atoms with E-state index in [1.165, 1.54) is 35.2 Å². The number of benzene rings is 2. The number of aryl methyl sites for hydroxylation is 1. The molecule has 37 heavy (non-hydrogen) atoms. The van der Waals surface area contributed by atoms with Gasteiger partial charge in [-0.3, -0.25) is 4.79 Å². The maximum atomic E-state index is 13.5. The number of alkyl halides is 3. The smallest absolute Gasteiger partial charge is 0.322 e. The Kier molecular flexibility index (Phi) is 6.15.